The van der Waals surface area contributed by atoms with Crippen LogP contribution < -0.4 is 24.4 Å². The van der Waals surface area contributed by atoms with Gasteiger partial charge in [0.25, 0.3) is 11.8 Å². The Hall–Kier alpha value is -4.99. The van der Waals surface area contributed by atoms with Crippen LogP contribution in [0.4, 0.5) is 10.5 Å². The number of amides is 4. The summed E-state index contributed by atoms with van der Waals surface area (Å²) >= 11 is 0. The van der Waals surface area contributed by atoms with Gasteiger partial charge in [-0.15, -0.1) is 0 Å². The molecule has 10 heteroatoms. The van der Waals surface area contributed by atoms with Crippen LogP contribution >= 0.6 is 0 Å². The number of rotatable bonds is 8. The van der Waals surface area contributed by atoms with Crippen LogP contribution in [0.25, 0.3) is 10.9 Å². The number of urea groups is 1. The van der Waals surface area contributed by atoms with Crippen molar-refractivity contribution in [3.05, 3.63) is 83.0 Å². The second kappa shape index (κ2) is 10.4. The van der Waals surface area contributed by atoms with E-state index in [0.717, 1.165) is 32.7 Å². The molecule has 1 fully saturated rings. The summed E-state index contributed by atoms with van der Waals surface area (Å²) in [7, 11) is 4.77. The third-order valence-electron chi connectivity index (χ3n) is 8.30. The van der Waals surface area contributed by atoms with E-state index >= 15 is 0 Å². The second-order valence-corrected chi connectivity index (χ2v) is 10.5. The van der Waals surface area contributed by atoms with E-state index in [-0.39, 0.29) is 17.2 Å². The van der Waals surface area contributed by atoms with E-state index < -0.39 is 17.5 Å². The molecule has 3 aromatic carbocycles. The lowest BCUT2D eigenvalue weighted by atomic mass is 9.87. The maximum atomic E-state index is 14.2. The van der Waals surface area contributed by atoms with Crippen molar-refractivity contribution in [2.45, 2.75) is 25.3 Å². The highest BCUT2D eigenvalue weighted by Gasteiger charge is 2.59. The number of ether oxygens (including phenoxy) is 3. The maximum Gasteiger partial charge on any atom is 0.332 e. The molecule has 1 aromatic heterocycles. The minimum Gasteiger partial charge on any atom is -0.497 e. The zero-order valence-corrected chi connectivity index (χ0v) is 23.9. The van der Waals surface area contributed by atoms with E-state index in [1.807, 2.05) is 36.4 Å². The molecule has 4 aromatic rings. The van der Waals surface area contributed by atoms with Gasteiger partial charge in [-0.3, -0.25) is 9.59 Å². The summed E-state index contributed by atoms with van der Waals surface area (Å²) in [4.78, 5) is 47.5. The van der Waals surface area contributed by atoms with Crippen LogP contribution in [0.1, 0.15) is 34.1 Å². The lowest BCUT2D eigenvalue weighted by Crippen LogP contribution is -2.49. The van der Waals surface area contributed by atoms with Crippen molar-refractivity contribution in [2.24, 2.45) is 0 Å². The monoisotopic (exact) mass is 568 g/mol. The van der Waals surface area contributed by atoms with Gasteiger partial charge < -0.3 is 29.4 Å². The van der Waals surface area contributed by atoms with Crippen LogP contribution in [0, 0.1) is 0 Å². The van der Waals surface area contributed by atoms with E-state index in [4.69, 9.17) is 14.2 Å². The predicted octanol–water partition coefficient (Wildman–Crippen LogP) is 4.41. The van der Waals surface area contributed by atoms with E-state index in [2.05, 4.69) is 10.3 Å². The van der Waals surface area contributed by atoms with Crippen molar-refractivity contribution < 1.29 is 28.6 Å². The number of aromatic amines is 1. The molecule has 1 unspecified atom stereocenters. The zero-order chi connectivity index (χ0) is 29.6. The fourth-order valence-electron chi connectivity index (χ4n) is 6.07. The zero-order valence-electron chi connectivity index (χ0n) is 23.9. The summed E-state index contributed by atoms with van der Waals surface area (Å²) < 4.78 is 16.1. The van der Waals surface area contributed by atoms with Crippen molar-refractivity contribution in [3.63, 3.8) is 0 Å². The Morgan fingerprint density at radius 3 is 2.52 bits per heavy atom. The number of aromatic nitrogens is 1. The van der Waals surface area contributed by atoms with Crippen LogP contribution in [0.15, 0.2) is 60.7 Å². The fourth-order valence-corrected chi connectivity index (χ4v) is 6.07. The lowest BCUT2D eigenvalue weighted by Gasteiger charge is -2.35. The molecule has 6 rings (SSSR count). The second-order valence-electron chi connectivity index (χ2n) is 10.5. The van der Waals surface area contributed by atoms with E-state index in [1.54, 1.807) is 57.4 Å². The van der Waals surface area contributed by atoms with Crippen molar-refractivity contribution in [1.29, 1.82) is 0 Å². The molecule has 2 N–H and O–H groups in total. The first-order valence-electron chi connectivity index (χ1n) is 13.7. The predicted molar refractivity (Wildman–Crippen MR) is 158 cm³/mol. The Bertz CT molecular complexity index is 1730. The minimum absolute atomic E-state index is 0.247. The number of carbonyl (C=O) groups excluding carboxylic acids is 3. The average molecular weight is 569 g/mol. The number of nitrogens with one attached hydrogen (secondary N) is 2. The van der Waals surface area contributed by atoms with Gasteiger partial charge in [-0.05, 0) is 73.4 Å². The van der Waals surface area contributed by atoms with Gasteiger partial charge in [-0.2, -0.15) is 0 Å². The average Bonchev–Trinajstić information content (AvgIpc) is 3.48. The van der Waals surface area contributed by atoms with Crippen molar-refractivity contribution in [2.75, 3.05) is 39.3 Å². The summed E-state index contributed by atoms with van der Waals surface area (Å²) in [5, 5.41) is 3.90. The van der Waals surface area contributed by atoms with Gasteiger partial charge in [0.15, 0.2) is 17.0 Å². The Morgan fingerprint density at radius 2 is 1.76 bits per heavy atom. The van der Waals surface area contributed by atoms with Crippen molar-refractivity contribution >= 4 is 34.4 Å². The van der Waals surface area contributed by atoms with Gasteiger partial charge in [0, 0.05) is 24.0 Å². The third kappa shape index (κ3) is 4.13. The number of imide groups is 1. The number of fused-ring (bicyclic) bond motifs is 5. The van der Waals surface area contributed by atoms with Gasteiger partial charge >= 0.3 is 6.03 Å². The van der Waals surface area contributed by atoms with Gasteiger partial charge in [0.2, 0.25) is 0 Å². The highest BCUT2D eigenvalue weighted by molar-refractivity contribution is 6.25. The maximum absolute atomic E-state index is 14.2. The summed E-state index contributed by atoms with van der Waals surface area (Å²) in [6, 6.07) is 17.6. The Balaban J connectivity index is 1.27. The Labute approximate surface area is 243 Å². The lowest BCUT2D eigenvalue weighted by molar-refractivity contribution is -0.125. The van der Waals surface area contributed by atoms with Crippen molar-refractivity contribution in [1.82, 2.24) is 15.2 Å². The van der Waals surface area contributed by atoms with E-state index in [0.29, 0.717) is 43.1 Å². The van der Waals surface area contributed by atoms with Gasteiger partial charge in [-0.1, -0.05) is 18.2 Å². The topological polar surface area (TPSA) is 113 Å². The summed E-state index contributed by atoms with van der Waals surface area (Å²) in [5.41, 5.74) is 2.78. The molecule has 216 valence electrons. The smallest absolute Gasteiger partial charge is 0.332 e. The molecule has 0 spiro atoms. The molecule has 1 atom stereocenters. The summed E-state index contributed by atoms with van der Waals surface area (Å²) in [6.45, 7) is 2.48. The van der Waals surface area contributed by atoms with E-state index in [1.165, 1.54) is 0 Å². The first kappa shape index (κ1) is 27.2. The van der Waals surface area contributed by atoms with E-state index in [9.17, 15) is 14.4 Å². The third-order valence-corrected chi connectivity index (χ3v) is 8.30. The van der Waals surface area contributed by atoms with Gasteiger partial charge in [0.1, 0.15) is 5.75 Å². The number of anilines is 1. The molecule has 10 nitrogen and oxygen atoms in total. The Kier molecular flexibility index (Phi) is 6.76. The molecule has 3 heterocycles. The number of methoxy groups -OCH3 is 3. The number of carbonyl (C=O) groups is 3. The standard InChI is InChI=1S/C32H32N4O6/c1-32-28-21(23-18-20(40-2)10-11-24(23)34-28)14-16-35(32)31(39)36(30(32)38)25-8-6-5-7-22(25)29(37)33-15-13-19-9-12-26(41-3)27(17-19)42-4/h5-12,17-18,34H,13-16H2,1-4H3,(H,33,37). The molecule has 0 radical (unpaired) electrons. The number of H-pyrrole nitrogens is 1. The fraction of sp³-hybridized carbons (Fsp3) is 0.281. The molecule has 2 aliphatic heterocycles. The quantitative estimate of drug-likeness (QED) is 0.305. The van der Waals surface area contributed by atoms with Crippen molar-refractivity contribution in [3.8, 4) is 17.2 Å². The SMILES string of the molecule is COc1ccc2[nH]c3c(c2c1)CCN1C(=O)N(c2ccccc2C(=O)NCCc2ccc(OC)c(OC)c2)C(=O)C31C. The molecule has 1 saturated heterocycles. The first-order chi connectivity index (χ1) is 20.3. The number of hydrogen-bond acceptors (Lipinski definition) is 6. The number of hydrogen-bond donors (Lipinski definition) is 2. The molecular weight excluding hydrogens is 536 g/mol. The molecular formula is C32H32N4O6. The molecule has 0 aliphatic carbocycles. The molecule has 2 aliphatic rings. The van der Waals surface area contributed by atoms with Crippen LogP contribution in [0.2, 0.25) is 0 Å². The van der Waals surface area contributed by atoms with Crippen LogP contribution in [-0.4, -0.2) is 62.1 Å². The largest absolute Gasteiger partial charge is 0.497 e. The molecule has 4 amide bonds. The molecule has 0 bridgehead atoms. The highest BCUT2D eigenvalue weighted by Crippen LogP contribution is 2.46. The molecule has 0 saturated carbocycles. The molecule has 42 heavy (non-hydrogen) atoms. The van der Waals surface area contributed by atoms with Gasteiger partial charge in [0.05, 0.1) is 38.3 Å². The summed E-state index contributed by atoms with van der Waals surface area (Å²) in [6.07, 6.45) is 1.14. The number of nitrogens with zero attached hydrogens (tertiary/aromatic N) is 2. The number of para-hydroxylation sites is 1. The van der Waals surface area contributed by atoms with Gasteiger partial charge in [-0.25, -0.2) is 9.69 Å². The number of benzene rings is 3. The van der Waals surface area contributed by atoms with Crippen LogP contribution in [0.5, 0.6) is 17.2 Å². The summed E-state index contributed by atoms with van der Waals surface area (Å²) in [5.74, 6) is 1.18. The Morgan fingerprint density at radius 1 is 0.976 bits per heavy atom. The minimum atomic E-state index is -1.24. The normalized spacial score (nSPS) is 17.7. The van der Waals surface area contributed by atoms with Crippen LogP contribution in [-0.2, 0) is 23.2 Å². The first-order valence-corrected chi connectivity index (χ1v) is 13.7. The van der Waals surface area contributed by atoms with Crippen LogP contribution in [0.3, 0.4) is 0 Å². The highest BCUT2D eigenvalue weighted by atomic mass is 16.5.